The van der Waals surface area contributed by atoms with Crippen LogP contribution in [0.4, 0.5) is 0 Å². The maximum absolute atomic E-state index is 9.36. The lowest BCUT2D eigenvalue weighted by Gasteiger charge is -2.12. The first-order valence-electron chi connectivity index (χ1n) is 4.70. The Balaban J connectivity index is 2.78. The molecule has 1 aromatic carbocycles. The fourth-order valence-corrected chi connectivity index (χ4v) is 1.11. The third-order valence-electron chi connectivity index (χ3n) is 1.99. The maximum atomic E-state index is 9.36. The Hall–Kier alpha value is -1.28. The average molecular weight is 192 g/mol. The zero-order valence-corrected chi connectivity index (χ0v) is 8.60. The van der Waals surface area contributed by atoms with E-state index in [0.29, 0.717) is 0 Å². The minimum Gasteiger partial charge on any atom is -0.487 e. The SMILES string of the molecule is C=CC(C)Oc1cccc([C@H](C)O)c1. The van der Waals surface area contributed by atoms with E-state index in [1.807, 2.05) is 31.2 Å². The Labute approximate surface area is 84.8 Å². The number of rotatable bonds is 4. The van der Waals surface area contributed by atoms with Crippen LogP contribution in [0, 0.1) is 0 Å². The summed E-state index contributed by atoms with van der Waals surface area (Å²) >= 11 is 0. The van der Waals surface area contributed by atoms with Crippen LogP contribution in [0.2, 0.25) is 0 Å². The highest BCUT2D eigenvalue weighted by molar-refractivity contribution is 5.29. The summed E-state index contributed by atoms with van der Waals surface area (Å²) in [7, 11) is 0. The molecule has 1 aromatic rings. The van der Waals surface area contributed by atoms with Gasteiger partial charge in [-0.05, 0) is 31.5 Å². The Bertz CT molecular complexity index is 305. The van der Waals surface area contributed by atoms with Crippen molar-refractivity contribution in [1.29, 1.82) is 0 Å². The van der Waals surface area contributed by atoms with E-state index in [-0.39, 0.29) is 6.10 Å². The quantitative estimate of drug-likeness (QED) is 0.743. The predicted octanol–water partition coefficient (Wildman–Crippen LogP) is 2.69. The molecule has 2 heteroatoms. The lowest BCUT2D eigenvalue weighted by molar-refractivity contribution is 0.198. The summed E-state index contributed by atoms with van der Waals surface area (Å²) in [6.07, 6.45) is 1.26. The molecule has 1 rings (SSSR count). The van der Waals surface area contributed by atoms with Gasteiger partial charge in [0.15, 0.2) is 0 Å². The van der Waals surface area contributed by atoms with Crippen LogP contribution in [-0.4, -0.2) is 11.2 Å². The number of benzene rings is 1. The average Bonchev–Trinajstić information content (AvgIpc) is 2.18. The van der Waals surface area contributed by atoms with Gasteiger partial charge in [0.2, 0.25) is 0 Å². The summed E-state index contributed by atoms with van der Waals surface area (Å²) in [5, 5.41) is 9.36. The van der Waals surface area contributed by atoms with Gasteiger partial charge in [-0.25, -0.2) is 0 Å². The normalized spacial score (nSPS) is 14.5. The van der Waals surface area contributed by atoms with E-state index in [0.717, 1.165) is 11.3 Å². The van der Waals surface area contributed by atoms with Gasteiger partial charge in [0.1, 0.15) is 11.9 Å². The molecule has 0 aliphatic carbocycles. The standard InChI is InChI=1S/C12H16O2/c1-4-9(2)14-12-7-5-6-11(8-12)10(3)13/h4-10,13H,1H2,2-3H3/t9?,10-/m0/s1. The lowest BCUT2D eigenvalue weighted by atomic mass is 10.1. The topological polar surface area (TPSA) is 29.5 Å². The van der Waals surface area contributed by atoms with Crippen LogP contribution in [0.3, 0.4) is 0 Å². The fraction of sp³-hybridized carbons (Fsp3) is 0.333. The van der Waals surface area contributed by atoms with Crippen LogP contribution in [0.5, 0.6) is 5.75 Å². The van der Waals surface area contributed by atoms with Crippen molar-refractivity contribution in [3.05, 3.63) is 42.5 Å². The molecular weight excluding hydrogens is 176 g/mol. The van der Waals surface area contributed by atoms with Crippen molar-refractivity contribution >= 4 is 0 Å². The minimum atomic E-state index is -0.461. The zero-order chi connectivity index (χ0) is 10.6. The Morgan fingerprint density at radius 3 is 2.71 bits per heavy atom. The van der Waals surface area contributed by atoms with E-state index in [1.165, 1.54) is 0 Å². The van der Waals surface area contributed by atoms with E-state index in [9.17, 15) is 5.11 Å². The fourth-order valence-electron chi connectivity index (χ4n) is 1.11. The summed E-state index contributed by atoms with van der Waals surface area (Å²) in [5.41, 5.74) is 0.860. The minimum absolute atomic E-state index is 0.0146. The Morgan fingerprint density at radius 1 is 1.43 bits per heavy atom. The van der Waals surface area contributed by atoms with Crippen molar-refractivity contribution < 1.29 is 9.84 Å². The Kier molecular flexibility index (Phi) is 3.72. The van der Waals surface area contributed by atoms with Crippen molar-refractivity contribution in [1.82, 2.24) is 0 Å². The van der Waals surface area contributed by atoms with Gasteiger partial charge in [-0.3, -0.25) is 0 Å². The van der Waals surface area contributed by atoms with E-state index in [1.54, 1.807) is 13.0 Å². The first-order chi connectivity index (χ1) is 6.63. The first-order valence-corrected chi connectivity index (χ1v) is 4.70. The molecule has 0 saturated heterocycles. The van der Waals surface area contributed by atoms with Gasteiger partial charge in [-0.15, -0.1) is 0 Å². The number of ether oxygens (including phenoxy) is 1. The van der Waals surface area contributed by atoms with Crippen LogP contribution in [-0.2, 0) is 0 Å². The molecule has 76 valence electrons. The molecule has 1 unspecified atom stereocenters. The van der Waals surface area contributed by atoms with Crippen LogP contribution in [0.1, 0.15) is 25.5 Å². The van der Waals surface area contributed by atoms with Crippen molar-refractivity contribution in [2.45, 2.75) is 26.1 Å². The molecule has 1 N–H and O–H groups in total. The molecule has 0 fully saturated rings. The third kappa shape index (κ3) is 2.89. The Morgan fingerprint density at radius 2 is 2.14 bits per heavy atom. The molecule has 0 radical (unpaired) electrons. The molecule has 0 bridgehead atoms. The van der Waals surface area contributed by atoms with E-state index in [4.69, 9.17) is 4.74 Å². The molecular formula is C12H16O2. The van der Waals surface area contributed by atoms with E-state index in [2.05, 4.69) is 6.58 Å². The summed E-state index contributed by atoms with van der Waals surface area (Å²) < 4.78 is 5.53. The van der Waals surface area contributed by atoms with Gasteiger partial charge in [-0.2, -0.15) is 0 Å². The van der Waals surface area contributed by atoms with E-state index >= 15 is 0 Å². The van der Waals surface area contributed by atoms with Crippen LogP contribution >= 0.6 is 0 Å². The van der Waals surface area contributed by atoms with Gasteiger partial charge >= 0.3 is 0 Å². The molecule has 0 aliphatic heterocycles. The van der Waals surface area contributed by atoms with Gasteiger partial charge in [-0.1, -0.05) is 24.8 Å². The van der Waals surface area contributed by atoms with Crippen molar-refractivity contribution in [2.24, 2.45) is 0 Å². The highest BCUT2D eigenvalue weighted by Crippen LogP contribution is 2.19. The van der Waals surface area contributed by atoms with Crippen molar-refractivity contribution in [2.75, 3.05) is 0 Å². The van der Waals surface area contributed by atoms with Crippen LogP contribution in [0.15, 0.2) is 36.9 Å². The van der Waals surface area contributed by atoms with Crippen molar-refractivity contribution in [3.63, 3.8) is 0 Å². The molecule has 0 spiro atoms. The second-order valence-corrected chi connectivity index (χ2v) is 3.31. The van der Waals surface area contributed by atoms with E-state index < -0.39 is 6.10 Å². The maximum Gasteiger partial charge on any atom is 0.120 e. The van der Waals surface area contributed by atoms with Gasteiger partial charge in [0, 0.05) is 0 Å². The van der Waals surface area contributed by atoms with Gasteiger partial charge in [0.25, 0.3) is 0 Å². The molecule has 0 aliphatic rings. The monoisotopic (exact) mass is 192 g/mol. The summed E-state index contributed by atoms with van der Waals surface area (Å²) in [4.78, 5) is 0. The van der Waals surface area contributed by atoms with Gasteiger partial charge in [0.05, 0.1) is 6.10 Å². The molecule has 0 aromatic heterocycles. The molecule has 14 heavy (non-hydrogen) atoms. The highest BCUT2D eigenvalue weighted by atomic mass is 16.5. The molecule has 0 saturated carbocycles. The largest absolute Gasteiger partial charge is 0.487 e. The number of aliphatic hydroxyl groups is 1. The second-order valence-electron chi connectivity index (χ2n) is 3.31. The molecule has 0 amide bonds. The summed E-state index contributed by atoms with van der Waals surface area (Å²) in [6, 6.07) is 7.44. The summed E-state index contributed by atoms with van der Waals surface area (Å²) in [5.74, 6) is 0.760. The number of hydrogen-bond acceptors (Lipinski definition) is 2. The van der Waals surface area contributed by atoms with Crippen LogP contribution < -0.4 is 4.74 Å². The number of hydrogen-bond donors (Lipinski definition) is 1. The molecule has 2 atom stereocenters. The van der Waals surface area contributed by atoms with Crippen LogP contribution in [0.25, 0.3) is 0 Å². The second kappa shape index (κ2) is 4.82. The van der Waals surface area contributed by atoms with Crippen molar-refractivity contribution in [3.8, 4) is 5.75 Å². The zero-order valence-electron chi connectivity index (χ0n) is 8.60. The summed E-state index contributed by atoms with van der Waals surface area (Å²) in [6.45, 7) is 7.29. The smallest absolute Gasteiger partial charge is 0.120 e. The predicted molar refractivity (Wildman–Crippen MR) is 57.4 cm³/mol. The molecule has 2 nitrogen and oxygen atoms in total. The molecule has 0 heterocycles. The lowest BCUT2D eigenvalue weighted by Crippen LogP contribution is -2.07. The first kappa shape index (κ1) is 10.8. The van der Waals surface area contributed by atoms with Gasteiger partial charge < -0.3 is 9.84 Å². The third-order valence-corrected chi connectivity index (χ3v) is 1.99. The highest BCUT2D eigenvalue weighted by Gasteiger charge is 2.03. The number of aliphatic hydroxyl groups excluding tert-OH is 1.